The number of hydrogen-bond donors (Lipinski definition) is 1. The van der Waals surface area contributed by atoms with Crippen LogP contribution in [0.25, 0.3) is 0 Å². The van der Waals surface area contributed by atoms with E-state index in [1.807, 2.05) is 24.0 Å². The zero-order valence-corrected chi connectivity index (χ0v) is 20.4. The molecule has 2 aliphatic heterocycles. The number of likely N-dealkylation sites (tertiary alicyclic amines) is 1. The van der Waals surface area contributed by atoms with E-state index in [9.17, 15) is 9.59 Å². The smallest absolute Gasteiger partial charge is 0.244 e. The number of rotatable bonds is 5. The average molecular weight is 448 g/mol. The number of piperidine rings is 1. The van der Waals surface area contributed by atoms with Crippen LogP contribution in [0.15, 0.2) is 42.5 Å². The van der Waals surface area contributed by atoms with Gasteiger partial charge in [0.15, 0.2) is 0 Å². The Labute approximate surface area is 198 Å². The third-order valence-corrected chi connectivity index (χ3v) is 7.33. The van der Waals surface area contributed by atoms with Crippen LogP contribution in [0.5, 0.6) is 0 Å². The second-order valence-corrected chi connectivity index (χ2v) is 9.98. The molecule has 5 nitrogen and oxygen atoms in total. The summed E-state index contributed by atoms with van der Waals surface area (Å²) in [6.07, 6.45) is 2.96. The van der Waals surface area contributed by atoms with Gasteiger partial charge in [0.25, 0.3) is 0 Å². The number of hydrogen-bond acceptors (Lipinski definition) is 3. The molecule has 2 aromatic carbocycles. The molecule has 0 unspecified atom stereocenters. The van der Waals surface area contributed by atoms with Gasteiger partial charge in [0.05, 0.1) is 12.6 Å². The molecule has 0 aromatic heterocycles. The minimum atomic E-state index is -0.384. The van der Waals surface area contributed by atoms with Gasteiger partial charge in [0, 0.05) is 19.6 Å². The molecule has 1 saturated heterocycles. The molecule has 2 amide bonds. The Morgan fingerprint density at radius 1 is 1.06 bits per heavy atom. The average Bonchev–Trinajstić information content (AvgIpc) is 2.78. The van der Waals surface area contributed by atoms with E-state index in [0.29, 0.717) is 12.5 Å². The van der Waals surface area contributed by atoms with Gasteiger partial charge in [-0.3, -0.25) is 14.5 Å². The second-order valence-electron chi connectivity index (χ2n) is 9.98. The Kier molecular flexibility index (Phi) is 7.18. The molecule has 176 valence electrons. The fourth-order valence-electron chi connectivity index (χ4n) is 5.34. The van der Waals surface area contributed by atoms with E-state index in [0.717, 1.165) is 43.5 Å². The Hall–Kier alpha value is -2.66. The van der Waals surface area contributed by atoms with Gasteiger partial charge in [-0.1, -0.05) is 55.0 Å². The van der Waals surface area contributed by atoms with Gasteiger partial charge in [0.2, 0.25) is 11.8 Å². The Bertz CT molecular complexity index is 1010. The molecule has 1 N–H and O–H groups in total. The number of fused-ring (bicyclic) bond motifs is 1. The Balaban J connectivity index is 1.50. The van der Waals surface area contributed by atoms with E-state index in [4.69, 9.17) is 0 Å². The van der Waals surface area contributed by atoms with Gasteiger partial charge < -0.3 is 10.2 Å². The van der Waals surface area contributed by atoms with Crippen molar-refractivity contribution in [2.45, 2.75) is 59.0 Å². The van der Waals surface area contributed by atoms with Crippen molar-refractivity contribution in [2.75, 3.05) is 26.2 Å². The van der Waals surface area contributed by atoms with Crippen LogP contribution < -0.4 is 5.32 Å². The standard InChI is InChI=1S/C28H37N3O2/c1-19-11-14-30(15-12-19)28(33)27-25-8-6-5-7-23(25)13-16-31(27)18-26(32)29-22(4)24-10-9-20(2)17-21(24)3/h5-10,17,19,22,27H,11-16,18H2,1-4H3,(H,29,32)/t22-,27+/m0/s1. The summed E-state index contributed by atoms with van der Waals surface area (Å²) in [4.78, 5) is 30.9. The van der Waals surface area contributed by atoms with Crippen molar-refractivity contribution >= 4 is 11.8 Å². The first-order valence-corrected chi connectivity index (χ1v) is 12.3. The third-order valence-electron chi connectivity index (χ3n) is 7.33. The van der Waals surface area contributed by atoms with Crippen LogP contribution in [-0.2, 0) is 16.0 Å². The molecule has 0 radical (unpaired) electrons. The molecule has 0 saturated carbocycles. The number of nitrogens with zero attached hydrogens (tertiary/aromatic N) is 2. The predicted octanol–water partition coefficient (Wildman–Crippen LogP) is 4.34. The molecule has 1 fully saturated rings. The van der Waals surface area contributed by atoms with Crippen molar-refractivity contribution in [1.29, 1.82) is 0 Å². The minimum Gasteiger partial charge on any atom is -0.348 e. The molecule has 2 atom stereocenters. The molecule has 0 spiro atoms. The lowest BCUT2D eigenvalue weighted by molar-refractivity contribution is -0.140. The number of aryl methyl sites for hydroxylation is 2. The summed E-state index contributed by atoms with van der Waals surface area (Å²) in [5, 5.41) is 3.17. The van der Waals surface area contributed by atoms with Crippen LogP contribution in [0.2, 0.25) is 0 Å². The summed E-state index contributed by atoms with van der Waals surface area (Å²) in [5.41, 5.74) is 5.81. The van der Waals surface area contributed by atoms with Crippen molar-refractivity contribution in [2.24, 2.45) is 5.92 Å². The number of nitrogens with one attached hydrogen (secondary N) is 1. The molecule has 4 rings (SSSR count). The third kappa shape index (κ3) is 5.30. The van der Waals surface area contributed by atoms with Crippen molar-refractivity contribution in [3.8, 4) is 0 Å². The first-order valence-electron chi connectivity index (χ1n) is 12.3. The summed E-state index contributed by atoms with van der Waals surface area (Å²) in [6, 6.07) is 14.1. The summed E-state index contributed by atoms with van der Waals surface area (Å²) >= 11 is 0. The summed E-state index contributed by atoms with van der Waals surface area (Å²) in [7, 11) is 0. The lowest BCUT2D eigenvalue weighted by Gasteiger charge is -2.40. The van der Waals surface area contributed by atoms with Gasteiger partial charge in [-0.05, 0) is 68.2 Å². The minimum absolute atomic E-state index is 0.0353. The zero-order chi connectivity index (χ0) is 23.5. The van der Waals surface area contributed by atoms with E-state index >= 15 is 0 Å². The van der Waals surface area contributed by atoms with E-state index in [-0.39, 0.29) is 30.4 Å². The molecule has 0 bridgehead atoms. The quantitative estimate of drug-likeness (QED) is 0.742. The largest absolute Gasteiger partial charge is 0.348 e. The van der Waals surface area contributed by atoms with Crippen molar-refractivity contribution < 1.29 is 9.59 Å². The van der Waals surface area contributed by atoms with Gasteiger partial charge in [-0.25, -0.2) is 0 Å². The van der Waals surface area contributed by atoms with Crippen LogP contribution in [-0.4, -0.2) is 47.8 Å². The van der Waals surface area contributed by atoms with E-state index in [2.05, 4.69) is 61.3 Å². The van der Waals surface area contributed by atoms with E-state index in [1.54, 1.807) is 0 Å². The normalized spacial score (nSPS) is 20.2. The maximum absolute atomic E-state index is 13.7. The SMILES string of the molecule is Cc1ccc([C@H](C)NC(=O)CN2CCc3ccccc3[C@@H]2C(=O)N2CCC(C)CC2)c(C)c1. The summed E-state index contributed by atoms with van der Waals surface area (Å²) in [6.45, 7) is 11.0. The lowest BCUT2D eigenvalue weighted by Crippen LogP contribution is -2.50. The second kappa shape index (κ2) is 10.1. The van der Waals surface area contributed by atoms with Crippen molar-refractivity contribution in [3.05, 3.63) is 70.3 Å². The Morgan fingerprint density at radius 2 is 1.79 bits per heavy atom. The number of amides is 2. The molecule has 33 heavy (non-hydrogen) atoms. The van der Waals surface area contributed by atoms with E-state index in [1.165, 1.54) is 16.7 Å². The summed E-state index contributed by atoms with van der Waals surface area (Å²) < 4.78 is 0. The molecular formula is C28H37N3O2. The monoisotopic (exact) mass is 447 g/mol. The Morgan fingerprint density at radius 3 is 2.52 bits per heavy atom. The molecule has 5 heteroatoms. The van der Waals surface area contributed by atoms with Crippen LogP contribution in [0.3, 0.4) is 0 Å². The van der Waals surface area contributed by atoms with Crippen LogP contribution in [0.1, 0.15) is 66.6 Å². The highest BCUT2D eigenvalue weighted by Crippen LogP contribution is 2.32. The van der Waals surface area contributed by atoms with Crippen LogP contribution in [0.4, 0.5) is 0 Å². The topological polar surface area (TPSA) is 52.7 Å². The zero-order valence-electron chi connectivity index (χ0n) is 20.4. The molecule has 2 aliphatic rings. The first kappa shape index (κ1) is 23.5. The number of benzene rings is 2. The van der Waals surface area contributed by atoms with Crippen molar-refractivity contribution in [1.82, 2.24) is 15.1 Å². The highest BCUT2D eigenvalue weighted by Gasteiger charge is 2.37. The molecule has 0 aliphatic carbocycles. The van der Waals surface area contributed by atoms with Gasteiger partial charge >= 0.3 is 0 Å². The van der Waals surface area contributed by atoms with Gasteiger partial charge in [-0.15, -0.1) is 0 Å². The van der Waals surface area contributed by atoms with Gasteiger partial charge in [-0.2, -0.15) is 0 Å². The predicted molar refractivity (Wildman–Crippen MR) is 132 cm³/mol. The highest BCUT2D eigenvalue weighted by atomic mass is 16.2. The van der Waals surface area contributed by atoms with Gasteiger partial charge in [0.1, 0.15) is 6.04 Å². The highest BCUT2D eigenvalue weighted by molar-refractivity contribution is 5.86. The molecular weight excluding hydrogens is 410 g/mol. The number of carbonyl (C=O) groups excluding carboxylic acids is 2. The van der Waals surface area contributed by atoms with Crippen molar-refractivity contribution in [3.63, 3.8) is 0 Å². The molecule has 2 heterocycles. The molecule has 2 aromatic rings. The first-order chi connectivity index (χ1) is 15.8. The lowest BCUT2D eigenvalue weighted by atomic mass is 9.90. The fraction of sp³-hybridized carbons (Fsp3) is 0.500. The maximum atomic E-state index is 13.7. The number of carbonyl (C=O) groups is 2. The van der Waals surface area contributed by atoms with Crippen LogP contribution in [0, 0.1) is 19.8 Å². The van der Waals surface area contributed by atoms with Crippen LogP contribution >= 0.6 is 0 Å². The fourth-order valence-corrected chi connectivity index (χ4v) is 5.34. The van der Waals surface area contributed by atoms with E-state index < -0.39 is 0 Å². The maximum Gasteiger partial charge on any atom is 0.244 e. The summed E-state index contributed by atoms with van der Waals surface area (Å²) in [5.74, 6) is 0.775.